The van der Waals surface area contributed by atoms with Crippen LogP contribution >= 0.6 is 27.7 Å². The van der Waals surface area contributed by atoms with E-state index in [1.807, 2.05) is 24.3 Å². The second-order valence-corrected chi connectivity index (χ2v) is 10.2. The minimum Gasteiger partial charge on any atom is -0.476 e. The number of thioether (sulfide) groups is 1. The number of carbonyl (C=O) groups is 2. The van der Waals surface area contributed by atoms with E-state index in [1.165, 1.54) is 16.7 Å². The minimum atomic E-state index is -1.06. The summed E-state index contributed by atoms with van der Waals surface area (Å²) in [4.78, 5) is 28.0. The summed E-state index contributed by atoms with van der Waals surface area (Å²) in [5.41, 5.74) is -0.316. The summed E-state index contributed by atoms with van der Waals surface area (Å²) < 4.78 is 6.59. The molecule has 0 saturated heterocycles. The van der Waals surface area contributed by atoms with Gasteiger partial charge in [-0.3, -0.25) is 14.5 Å². The molecule has 1 aromatic carbocycles. The average Bonchev–Trinajstić information content (AvgIpc) is 2.53. The first-order valence-electron chi connectivity index (χ1n) is 8.77. The van der Waals surface area contributed by atoms with Crippen molar-refractivity contribution in [2.45, 2.75) is 47.1 Å². The number of ether oxygens (including phenoxy) is 1. The lowest BCUT2D eigenvalue weighted by Gasteiger charge is -2.40. The molecule has 1 N–H and O–H groups in total. The fourth-order valence-corrected chi connectivity index (χ4v) is 3.87. The van der Waals surface area contributed by atoms with Crippen molar-refractivity contribution in [2.24, 2.45) is 5.41 Å². The number of nitrogens with zero attached hydrogens (tertiary/aromatic N) is 1. The molecule has 7 heteroatoms. The number of amides is 2. The average molecular weight is 455 g/mol. The van der Waals surface area contributed by atoms with Crippen LogP contribution in [0.3, 0.4) is 0 Å². The number of anilines is 1. The lowest BCUT2D eigenvalue weighted by atomic mass is 10.0. The summed E-state index contributed by atoms with van der Waals surface area (Å²) in [6, 6.07) is 7.35. The Balaban J connectivity index is 2.17. The van der Waals surface area contributed by atoms with Gasteiger partial charge in [0.2, 0.25) is 5.91 Å². The molecule has 0 unspecified atom stereocenters. The third-order valence-electron chi connectivity index (χ3n) is 4.13. The predicted molar refractivity (Wildman–Crippen MR) is 114 cm³/mol. The first-order chi connectivity index (χ1) is 12.4. The van der Waals surface area contributed by atoms with E-state index in [9.17, 15) is 9.59 Å². The predicted octanol–water partition coefficient (Wildman–Crippen LogP) is 4.99. The number of hydrogen-bond acceptors (Lipinski definition) is 4. The molecule has 0 aliphatic carbocycles. The van der Waals surface area contributed by atoms with Crippen LogP contribution in [0.25, 0.3) is 0 Å². The summed E-state index contributed by atoms with van der Waals surface area (Å²) in [5, 5.41) is 2.88. The van der Waals surface area contributed by atoms with Crippen molar-refractivity contribution in [3.63, 3.8) is 0 Å². The molecular weight excluding hydrogens is 428 g/mol. The van der Waals surface area contributed by atoms with Gasteiger partial charge in [-0.05, 0) is 44.4 Å². The van der Waals surface area contributed by atoms with E-state index in [2.05, 4.69) is 42.0 Å². The summed E-state index contributed by atoms with van der Waals surface area (Å²) in [6.07, 6.45) is 0. The van der Waals surface area contributed by atoms with Crippen molar-refractivity contribution >= 4 is 45.2 Å². The normalized spacial score (nSPS) is 15.7. The zero-order chi connectivity index (χ0) is 20.4. The third kappa shape index (κ3) is 5.51. The Morgan fingerprint density at radius 3 is 2.56 bits per heavy atom. The topological polar surface area (TPSA) is 58.6 Å². The van der Waals surface area contributed by atoms with Crippen LogP contribution in [0.5, 0.6) is 0 Å². The zero-order valence-electron chi connectivity index (χ0n) is 16.7. The number of nitrogens with one attached hydrogen (secondary N) is 1. The van der Waals surface area contributed by atoms with Crippen LogP contribution in [0.15, 0.2) is 39.4 Å². The highest BCUT2D eigenvalue weighted by Gasteiger charge is 2.42. The standard InChI is InChI=1S/C20H27BrN2O3S/c1-13-16(27-11-19(2,3)4)17(24)23(12-26-13)20(5,6)18(25)22-15-9-7-8-14(21)10-15/h7-10H,11-12H2,1-6H3,(H,22,25). The van der Waals surface area contributed by atoms with Gasteiger partial charge in [0.15, 0.2) is 6.73 Å². The van der Waals surface area contributed by atoms with Gasteiger partial charge in [0.25, 0.3) is 5.91 Å². The second kappa shape index (κ2) is 8.27. The van der Waals surface area contributed by atoms with E-state index >= 15 is 0 Å². The third-order valence-corrected chi connectivity index (χ3v) is 6.39. The molecule has 0 saturated carbocycles. The Labute approximate surface area is 174 Å². The SMILES string of the molecule is CC1=C(SCC(C)(C)C)C(=O)N(C(C)(C)C(=O)Nc2cccc(Br)c2)CO1. The Morgan fingerprint density at radius 1 is 1.30 bits per heavy atom. The summed E-state index contributed by atoms with van der Waals surface area (Å²) in [6.45, 7) is 11.7. The van der Waals surface area contributed by atoms with Gasteiger partial charge in [-0.25, -0.2) is 0 Å². The van der Waals surface area contributed by atoms with Gasteiger partial charge in [-0.2, -0.15) is 0 Å². The summed E-state index contributed by atoms with van der Waals surface area (Å²) in [5.74, 6) is 0.973. The van der Waals surface area contributed by atoms with Crippen LogP contribution in [0.2, 0.25) is 0 Å². The minimum absolute atomic E-state index is 0.0587. The summed E-state index contributed by atoms with van der Waals surface area (Å²) in [7, 11) is 0. The monoisotopic (exact) mass is 454 g/mol. The van der Waals surface area contributed by atoms with Crippen molar-refractivity contribution in [1.82, 2.24) is 4.90 Å². The van der Waals surface area contributed by atoms with Crippen molar-refractivity contribution in [3.05, 3.63) is 39.4 Å². The van der Waals surface area contributed by atoms with Gasteiger partial charge < -0.3 is 10.1 Å². The highest BCUT2D eigenvalue weighted by atomic mass is 79.9. The highest BCUT2D eigenvalue weighted by Crippen LogP contribution is 2.34. The van der Waals surface area contributed by atoms with Crippen LogP contribution in [-0.2, 0) is 14.3 Å². The molecule has 148 valence electrons. The Kier molecular flexibility index (Phi) is 6.68. The van der Waals surface area contributed by atoms with Crippen molar-refractivity contribution in [3.8, 4) is 0 Å². The lowest BCUT2D eigenvalue weighted by molar-refractivity contribution is -0.148. The van der Waals surface area contributed by atoms with Crippen LogP contribution in [0.4, 0.5) is 5.69 Å². The molecule has 0 bridgehead atoms. The molecule has 0 spiro atoms. The maximum absolute atomic E-state index is 13.1. The molecule has 0 fully saturated rings. The van der Waals surface area contributed by atoms with Crippen LogP contribution in [-0.4, -0.2) is 34.7 Å². The van der Waals surface area contributed by atoms with E-state index in [4.69, 9.17) is 4.74 Å². The van der Waals surface area contributed by atoms with Gasteiger partial charge in [-0.15, -0.1) is 11.8 Å². The van der Waals surface area contributed by atoms with E-state index in [0.717, 1.165) is 10.2 Å². The van der Waals surface area contributed by atoms with E-state index in [-0.39, 0.29) is 24.0 Å². The van der Waals surface area contributed by atoms with Crippen molar-refractivity contribution in [1.29, 1.82) is 0 Å². The number of rotatable bonds is 5. The van der Waals surface area contributed by atoms with Gasteiger partial charge in [-0.1, -0.05) is 42.8 Å². The quantitative estimate of drug-likeness (QED) is 0.680. The van der Waals surface area contributed by atoms with Gasteiger partial charge >= 0.3 is 0 Å². The molecule has 27 heavy (non-hydrogen) atoms. The Morgan fingerprint density at radius 2 is 1.96 bits per heavy atom. The number of allylic oxidation sites excluding steroid dienone is 1. The lowest BCUT2D eigenvalue weighted by Crippen LogP contribution is -2.57. The number of hydrogen-bond donors (Lipinski definition) is 1. The molecule has 5 nitrogen and oxygen atoms in total. The zero-order valence-corrected chi connectivity index (χ0v) is 19.1. The first-order valence-corrected chi connectivity index (χ1v) is 10.5. The molecular formula is C20H27BrN2O3S. The maximum atomic E-state index is 13.1. The number of halogens is 1. The fourth-order valence-electron chi connectivity index (χ4n) is 2.40. The molecule has 1 heterocycles. The van der Waals surface area contributed by atoms with Crippen molar-refractivity contribution in [2.75, 3.05) is 17.8 Å². The molecule has 1 aliphatic heterocycles. The molecule has 2 rings (SSSR count). The van der Waals surface area contributed by atoms with E-state index < -0.39 is 5.54 Å². The second-order valence-electron chi connectivity index (χ2n) is 8.26. The molecule has 2 amide bonds. The van der Waals surface area contributed by atoms with Crippen molar-refractivity contribution < 1.29 is 14.3 Å². The number of carbonyl (C=O) groups excluding carboxylic acids is 2. The maximum Gasteiger partial charge on any atom is 0.267 e. The Hall–Kier alpha value is -1.47. The molecule has 0 radical (unpaired) electrons. The van der Waals surface area contributed by atoms with Crippen LogP contribution in [0, 0.1) is 5.41 Å². The highest BCUT2D eigenvalue weighted by molar-refractivity contribution is 9.10. The largest absolute Gasteiger partial charge is 0.476 e. The van der Waals surface area contributed by atoms with Crippen LogP contribution < -0.4 is 5.32 Å². The van der Waals surface area contributed by atoms with Gasteiger partial charge in [0.1, 0.15) is 16.2 Å². The molecule has 0 atom stereocenters. The Bertz CT molecular complexity index is 769. The molecule has 1 aliphatic rings. The van der Waals surface area contributed by atoms with Gasteiger partial charge in [0.05, 0.1) is 0 Å². The fraction of sp³-hybridized carbons (Fsp3) is 0.500. The molecule has 1 aromatic rings. The first kappa shape index (κ1) is 21.8. The van der Waals surface area contributed by atoms with E-state index in [0.29, 0.717) is 16.4 Å². The molecule has 0 aromatic heterocycles. The van der Waals surface area contributed by atoms with Crippen LogP contribution in [0.1, 0.15) is 41.5 Å². The number of benzene rings is 1. The summed E-state index contributed by atoms with van der Waals surface area (Å²) >= 11 is 4.88. The van der Waals surface area contributed by atoms with E-state index in [1.54, 1.807) is 20.8 Å². The van der Waals surface area contributed by atoms with Gasteiger partial charge in [0, 0.05) is 15.9 Å². The smallest absolute Gasteiger partial charge is 0.267 e.